The first-order chi connectivity index (χ1) is 47.9. The van der Waals surface area contributed by atoms with Crippen molar-refractivity contribution in [3.05, 3.63) is 79.9 Å². The van der Waals surface area contributed by atoms with Crippen molar-refractivity contribution in [2.24, 2.45) is 81.8 Å². The summed E-state index contributed by atoms with van der Waals surface area (Å²) in [6.45, 7) is 5.60. The lowest BCUT2D eigenvalue weighted by atomic mass is 9.19. The van der Waals surface area contributed by atoms with E-state index in [0.717, 1.165) is 59.0 Å². The quantitative estimate of drug-likeness (QED) is 0.112. The van der Waals surface area contributed by atoms with Crippen LogP contribution in [-0.4, -0.2) is 11.6 Å². The molecule has 2 heteroatoms. The van der Waals surface area contributed by atoms with Gasteiger partial charge in [0.05, 0.1) is 0 Å². The molecule has 14 atom stereocenters. The maximum absolute atomic E-state index is 14.9. The predicted molar refractivity (Wildman–Crippen MR) is 393 cm³/mol. The molecule has 97 heavy (non-hydrogen) atoms. The third-order valence-electron chi connectivity index (χ3n) is 39.8. The van der Waals surface area contributed by atoms with E-state index < -0.39 is 0 Å². The molecule has 0 saturated heterocycles. The third-order valence-corrected chi connectivity index (χ3v) is 39.8. The van der Waals surface area contributed by atoms with Gasteiger partial charge in [0.15, 0.2) is 11.6 Å². The van der Waals surface area contributed by atoms with Crippen molar-refractivity contribution in [2.75, 3.05) is 0 Å². The minimum Gasteiger partial charge on any atom is -0.289 e. The number of Topliss-reactive ketones (excluding diaryl/α,β-unsaturated/α-hetero) is 2. The zero-order chi connectivity index (χ0) is 58.8. The molecule has 0 radical (unpaired) electrons. The number of carbonyl (C=O) groups is 2. The molecule has 6 bridgehead atoms. The number of carbonyl (C=O) groups excluding carboxylic acids is 2. The van der Waals surface area contributed by atoms with Gasteiger partial charge in [0.1, 0.15) is 0 Å². The SMILES string of the molecule is C[C@@]12[C@H]3[C@H]4C[C@H]([C@H]5[C@@H]4[C@H]4CC[C@@H]5C5=C(C4)CC46c7c8c9c%10c%11c%12c(c%13c%14c4c4c7c7c%15c8c8c9c9c%11c%11c%16c%12c%12c%13c%13c%14c%14c4c4c7c7c%15c%15c8c8c9c%11c9c%11c%16c%12c%12c%13c%13c%14c4c4c7c7c%15c8c9c8c%11c%12c%13c4c78)C%106C5)[C@H]3[C@]1(C)[C@@H]1[C@H]2[C@@H]2C[C@H]1C1=C2C(=O)c2ccccc2C1=O. The number of allylic oxidation sites excluding steroid dienone is 4. The average molecular weight is 1210 g/mol. The lowest BCUT2D eigenvalue weighted by Crippen LogP contribution is -2.82. The van der Waals surface area contributed by atoms with Gasteiger partial charge in [0.2, 0.25) is 0 Å². The van der Waals surface area contributed by atoms with Crippen LogP contribution in [0.3, 0.4) is 0 Å². The summed E-state index contributed by atoms with van der Waals surface area (Å²) in [7, 11) is 0. The standard InChI is InChI=1S/C95H36O2/c1-92-82-19-10-20(83(82)93(92,2)85-22-11-21(84(85)92)26-27(22)91(97)18-6-4-3-5-17(18)90(26)96)25-16-8-7-14(24(19)25)9-15-12-94-86-74-66-56-46-38-30-28-29-32-36-34(30)42-50-44(36)54-48-40(32)41-33(29)37-35-31(28)39(38)47-53-43(35)51-45(37)55-49(41)59-58(48)68-62(54)72-64(50)70(60(66)52(42)46)76(86)80(72)88-78(68)79-69(59)63(55)73-65(51)71-61(53)67(57(47)56)75(74)87(94)77(71)81(73)89(79)95(88,94)13-23(15)16/h3-6,14,16,19-22,24-25,82-85H,7-13H2,1-2H3/t14-,16+,19-,20+,21+,22-,24+,25-,82-,83+,84+,85-,92-,93+,94?,95?/m0/s1. The summed E-state index contributed by atoms with van der Waals surface area (Å²) in [5.74, 6) is 7.99. The molecular weight excluding hydrogens is 1170 g/mol. The van der Waals surface area contributed by atoms with E-state index in [9.17, 15) is 9.59 Å². The number of hydrogen-bond donors (Lipinski definition) is 0. The summed E-state index contributed by atoms with van der Waals surface area (Å²) in [6.07, 6.45) is 9.06. The van der Waals surface area contributed by atoms with Gasteiger partial charge in [-0.25, -0.2) is 0 Å². The maximum Gasteiger partial charge on any atom is 0.190 e. The van der Waals surface area contributed by atoms with Gasteiger partial charge >= 0.3 is 0 Å². The second-order valence-corrected chi connectivity index (χ2v) is 39.1. The van der Waals surface area contributed by atoms with E-state index in [1.807, 2.05) is 57.7 Å². The fourth-order valence-corrected chi connectivity index (χ4v) is 39.8. The second kappa shape index (κ2) is 9.39. The van der Waals surface area contributed by atoms with E-state index in [1.54, 1.807) is 291 Å². The van der Waals surface area contributed by atoms with Gasteiger partial charge in [-0.15, -0.1) is 0 Å². The smallest absolute Gasteiger partial charge is 0.190 e. The van der Waals surface area contributed by atoms with E-state index in [2.05, 4.69) is 13.8 Å². The Hall–Kier alpha value is -9.50. The molecule has 15 aliphatic rings. The molecule has 2 nitrogen and oxygen atoms in total. The minimum atomic E-state index is -0.214. The van der Waals surface area contributed by atoms with E-state index in [4.69, 9.17) is 0 Å². The summed E-state index contributed by atoms with van der Waals surface area (Å²) in [4.78, 5) is 29.7. The van der Waals surface area contributed by atoms with Gasteiger partial charge in [0.25, 0.3) is 0 Å². The fourth-order valence-electron chi connectivity index (χ4n) is 39.8. The second-order valence-electron chi connectivity index (χ2n) is 39.1. The Morgan fingerprint density at radius 2 is 0.577 bits per heavy atom. The lowest BCUT2D eigenvalue weighted by molar-refractivity contribution is -0.378. The Morgan fingerprint density at radius 3 is 0.887 bits per heavy atom. The molecule has 0 unspecified atom stereocenters. The first-order valence-electron chi connectivity index (χ1n) is 38.3. The molecule has 29 aromatic carbocycles. The van der Waals surface area contributed by atoms with Crippen LogP contribution in [0.2, 0.25) is 0 Å². The molecule has 0 heterocycles. The highest BCUT2D eigenvalue weighted by Gasteiger charge is 2.91. The minimum absolute atomic E-state index is 0.202. The van der Waals surface area contributed by atoms with Crippen LogP contribution < -0.4 is 0 Å². The lowest BCUT2D eigenvalue weighted by Gasteiger charge is -2.85. The summed E-state index contributed by atoms with van der Waals surface area (Å²) in [5, 5.41) is 92.4. The molecule has 0 aliphatic heterocycles. The van der Waals surface area contributed by atoms with Crippen molar-refractivity contribution < 1.29 is 9.59 Å². The van der Waals surface area contributed by atoms with Crippen molar-refractivity contribution in [1.82, 2.24) is 0 Å². The summed E-state index contributed by atoms with van der Waals surface area (Å²) in [6, 6.07) is 7.89. The van der Waals surface area contributed by atoms with Gasteiger partial charge in [-0.2, -0.15) is 0 Å². The topological polar surface area (TPSA) is 34.1 Å². The van der Waals surface area contributed by atoms with Crippen LogP contribution in [0.1, 0.15) is 102 Å². The molecule has 44 rings (SSSR count). The number of hydrogen-bond acceptors (Lipinski definition) is 2. The van der Waals surface area contributed by atoms with Gasteiger partial charge in [-0.3, -0.25) is 9.59 Å². The van der Waals surface area contributed by atoms with Crippen molar-refractivity contribution in [3.8, 4) is 0 Å². The van der Waals surface area contributed by atoms with Crippen molar-refractivity contribution in [3.63, 3.8) is 0 Å². The summed E-state index contributed by atoms with van der Waals surface area (Å²) < 4.78 is 0. The summed E-state index contributed by atoms with van der Waals surface area (Å²) in [5.41, 5.74) is 14.9. The van der Waals surface area contributed by atoms with Gasteiger partial charge in [-0.1, -0.05) is 49.3 Å². The van der Waals surface area contributed by atoms with Crippen LogP contribution in [0.4, 0.5) is 0 Å². The largest absolute Gasteiger partial charge is 0.289 e. The van der Waals surface area contributed by atoms with Crippen LogP contribution in [0.5, 0.6) is 0 Å². The molecule has 6 fully saturated rings. The molecule has 6 saturated carbocycles. The highest BCUT2D eigenvalue weighted by Crippen LogP contribution is 2.96. The molecule has 428 valence electrons. The predicted octanol–water partition coefficient (Wildman–Crippen LogP) is 23.2. The number of rotatable bonds is 0. The highest BCUT2D eigenvalue weighted by molar-refractivity contribution is 6.82. The van der Waals surface area contributed by atoms with E-state index in [0.29, 0.717) is 28.9 Å². The zero-order valence-electron chi connectivity index (χ0n) is 52.0. The third kappa shape index (κ3) is 2.33. The van der Waals surface area contributed by atoms with Crippen LogP contribution >= 0.6 is 0 Å². The Balaban J connectivity index is 0.686. The monoisotopic (exact) mass is 1210 g/mol. The van der Waals surface area contributed by atoms with Crippen LogP contribution in [0, 0.1) is 81.8 Å². The van der Waals surface area contributed by atoms with Crippen LogP contribution in [0.15, 0.2) is 46.6 Å². The van der Waals surface area contributed by atoms with Gasteiger partial charge in [-0.05, 0) is 440 Å². The van der Waals surface area contributed by atoms with Crippen LogP contribution in [0.25, 0.3) is 291 Å². The van der Waals surface area contributed by atoms with Gasteiger partial charge in [0, 0.05) is 33.1 Å². The fraction of sp³-hybridized carbons (Fsp3) is 0.263. The molecule has 0 amide bonds. The normalized spacial score (nSPS) is 36.8. The van der Waals surface area contributed by atoms with Crippen molar-refractivity contribution in [1.29, 1.82) is 0 Å². The average Bonchev–Trinajstić information content (AvgIpc) is 1.39. The van der Waals surface area contributed by atoms with Gasteiger partial charge < -0.3 is 0 Å². The number of benzene rings is 19. The van der Waals surface area contributed by atoms with E-state index >= 15 is 0 Å². The molecule has 2 spiro atoms. The number of fused-ring (bicyclic) bond motifs is 19. The molecular formula is C95H36O2. The molecule has 0 aromatic heterocycles. The Kier molecular flexibility index (Phi) is 3.84. The Labute approximate surface area is 539 Å². The first-order valence-corrected chi connectivity index (χ1v) is 38.3. The molecule has 29 aromatic rings. The van der Waals surface area contributed by atoms with Crippen LogP contribution in [-0.2, 0) is 10.8 Å². The van der Waals surface area contributed by atoms with E-state index in [-0.39, 0.29) is 45.1 Å². The maximum atomic E-state index is 14.9. The first kappa shape index (κ1) is 39.6. The van der Waals surface area contributed by atoms with Crippen molar-refractivity contribution in [2.45, 2.75) is 69.6 Å². The highest BCUT2D eigenvalue weighted by atomic mass is 16.1. The Morgan fingerprint density at radius 1 is 0.299 bits per heavy atom. The molecule has 15 aliphatic carbocycles. The zero-order valence-corrected chi connectivity index (χ0v) is 52.0. The Bertz CT molecular complexity index is 8930. The molecule has 0 N–H and O–H groups in total. The van der Waals surface area contributed by atoms with E-state index in [1.165, 1.54) is 38.5 Å². The van der Waals surface area contributed by atoms with Crippen molar-refractivity contribution >= 4 is 302 Å². The number of ketones is 2. The summed E-state index contributed by atoms with van der Waals surface area (Å²) >= 11 is 0.